The molecular formula is C15H20N2O4. The normalized spacial score (nSPS) is 13.8. The van der Waals surface area contributed by atoms with E-state index in [0.29, 0.717) is 6.61 Å². The van der Waals surface area contributed by atoms with Crippen LogP contribution in [0.1, 0.15) is 11.1 Å². The number of urea groups is 1. The topological polar surface area (TPSA) is 78.9 Å². The second-order valence-corrected chi connectivity index (χ2v) is 5.13. The van der Waals surface area contributed by atoms with E-state index in [1.807, 2.05) is 12.1 Å². The lowest BCUT2D eigenvalue weighted by molar-refractivity contribution is -0.137. The minimum absolute atomic E-state index is 0.0220. The van der Waals surface area contributed by atoms with E-state index in [4.69, 9.17) is 9.84 Å². The molecule has 1 aliphatic rings. The molecule has 0 radical (unpaired) electrons. The van der Waals surface area contributed by atoms with Crippen LogP contribution in [0.4, 0.5) is 4.79 Å². The minimum atomic E-state index is -1.03. The minimum Gasteiger partial charge on any atom is -0.480 e. The molecule has 6 nitrogen and oxygen atoms in total. The first-order valence-electron chi connectivity index (χ1n) is 6.93. The highest BCUT2D eigenvalue weighted by Gasteiger charge is 2.25. The maximum atomic E-state index is 12.2. The molecule has 1 aliphatic carbocycles. The Hall–Kier alpha value is -2.08. The molecule has 21 heavy (non-hydrogen) atoms. The van der Waals surface area contributed by atoms with E-state index < -0.39 is 5.97 Å². The van der Waals surface area contributed by atoms with Gasteiger partial charge in [0.2, 0.25) is 0 Å². The van der Waals surface area contributed by atoms with Crippen molar-refractivity contribution in [1.82, 2.24) is 10.2 Å². The number of amides is 2. The standard InChI is InChI=1S/C15H20N2O4/c1-21-7-6-17(10-14(18)19)15(20)16-13-8-11-4-2-3-5-12(11)9-13/h2-5,13H,6-10H2,1H3,(H,16,20)(H,18,19). The lowest BCUT2D eigenvalue weighted by Crippen LogP contribution is -2.48. The summed E-state index contributed by atoms with van der Waals surface area (Å²) < 4.78 is 4.91. The molecule has 2 amide bonds. The summed E-state index contributed by atoms with van der Waals surface area (Å²) in [5, 5.41) is 11.8. The summed E-state index contributed by atoms with van der Waals surface area (Å²) >= 11 is 0. The molecule has 2 rings (SSSR count). The molecule has 0 saturated heterocycles. The molecule has 0 aromatic heterocycles. The Labute approximate surface area is 123 Å². The van der Waals surface area contributed by atoms with Crippen molar-refractivity contribution < 1.29 is 19.4 Å². The van der Waals surface area contributed by atoms with E-state index in [9.17, 15) is 9.59 Å². The number of fused-ring (bicyclic) bond motifs is 1. The van der Waals surface area contributed by atoms with Gasteiger partial charge in [0.1, 0.15) is 6.54 Å². The SMILES string of the molecule is COCCN(CC(=O)O)C(=O)NC1Cc2ccccc2C1. The predicted octanol–water partition coefficient (Wildman–Crippen LogP) is 0.896. The number of carbonyl (C=O) groups is 2. The van der Waals surface area contributed by atoms with Crippen LogP contribution in [0.5, 0.6) is 0 Å². The monoisotopic (exact) mass is 292 g/mol. The second kappa shape index (κ2) is 7.08. The molecule has 0 bridgehead atoms. The number of carboxylic acids is 1. The number of hydrogen-bond donors (Lipinski definition) is 2. The van der Waals surface area contributed by atoms with Gasteiger partial charge >= 0.3 is 12.0 Å². The van der Waals surface area contributed by atoms with Crippen molar-refractivity contribution in [2.24, 2.45) is 0 Å². The molecular weight excluding hydrogens is 272 g/mol. The second-order valence-electron chi connectivity index (χ2n) is 5.13. The quantitative estimate of drug-likeness (QED) is 0.816. The highest BCUT2D eigenvalue weighted by atomic mass is 16.5. The molecule has 2 N–H and O–H groups in total. The Morgan fingerprint density at radius 2 is 1.95 bits per heavy atom. The van der Waals surface area contributed by atoms with Gasteiger partial charge in [-0.3, -0.25) is 4.79 Å². The molecule has 0 saturated carbocycles. The van der Waals surface area contributed by atoms with Gasteiger partial charge in [0.15, 0.2) is 0 Å². The van der Waals surface area contributed by atoms with Crippen molar-refractivity contribution in [3.63, 3.8) is 0 Å². The van der Waals surface area contributed by atoms with Gasteiger partial charge in [-0.2, -0.15) is 0 Å². The first-order valence-corrected chi connectivity index (χ1v) is 6.93. The predicted molar refractivity (Wildman–Crippen MR) is 77.3 cm³/mol. The fourth-order valence-electron chi connectivity index (χ4n) is 2.54. The average molecular weight is 292 g/mol. The number of hydrogen-bond acceptors (Lipinski definition) is 3. The van der Waals surface area contributed by atoms with Gasteiger partial charge in [0.05, 0.1) is 6.61 Å². The van der Waals surface area contributed by atoms with Gasteiger partial charge in [-0.25, -0.2) is 4.79 Å². The average Bonchev–Trinajstić information content (AvgIpc) is 2.85. The van der Waals surface area contributed by atoms with Crippen molar-refractivity contribution in [1.29, 1.82) is 0 Å². The molecule has 6 heteroatoms. The highest BCUT2D eigenvalue weighted by molar-refractivity contribution is 5.80. The van der Waals surface area contributed by atoms with Crippen molar-refractivity contribution in [2.45, 2.75) is 18.9 Å². The Bertz CT molecular complexity index is 493. The number of carboxylic acid groups (broad SMARTS) is 1. The Balaban J connectivity index is 1.92. The van der Waals surface area contributed by atoms with Gasteiger partial charge in [-0.05, 0) is 24.0 Å². The number of benzene rings is 1. The third kappa shape index (κ3) is 4.19. The van der Waals surface area contributed by atoms with E-state index in [2.05, 4.69) is 17.4 Å². The van der Waals surface area contributed by atoms with Crippen LogP contribution in [0.2, 0.25) is 0 Å². The Morgan fingerprint density at radius 1 is 1.33 bits per heavy atom. The maximum absolute atomic E-state index is 12.2. The van der Waals surface area contributed by atoms with Crippen molar-refractivity contribution in [3.8, 4) is 0 Å². The lowest BCUT2D eigenvalue weighted by atomic mass is 10.1. The zero-order chi connectivity index (χ0) is 15.2. The van der Waals surface area contributed by atoms with E-state index in [-0.39, 0.29) is 25.2 Å². The summed E-state index contributed by atoms with van der Waals surface area (Å²) in [5.74, 6) is -1.03. The zero-order valence-corrected chi connectivity index (χ0v) is 12.0. The van der Waals surface area contributed by atoms with E-state index >= 15 is 0 Å². The number of ether oxygens (including phenoxy) is 1. The van der Waals surface area contributed by atoms with Crippen LogP contribution in [-0.4, -0.2) is 54.9 Å². The van der Waals surface area contributed by atoms with Crippen LogP contribution >= 0.6 is 0 Å². The zero-order valence-electron chi connectivity index (χ0n) is 12.0. The third-order valence-electron chi connectivity index (χ3n) is 3.56. The summed E-state index contributed by atoms with van der Waals surface area (Å²) in [4.78, 5) is 24.3. The van der Waals surface area contributed by atoms with E-state index in [1.165, 1.54) is 23.1 Å². The molecule has 0 spiro atoms. The maximum Gasteiger partial charge on any atom is 0.323 e. The summed E-state index contributed by atoms with van der Waals surface area (Å²) in [6.07, 6.45) is 1.57. The number of nitrogens with zero attached hydrogens (tertiary/aromatic N) is 1. The van der Waals surface area contributed by atoms with Gasteiger partial charge in [-0.15, -0.1) is 0 Å². The lowest BCUT2D eigenvalue weighted by Gasteiger charge is -2.23. The summed E-state index contributed by atoms with van der Waals surface area (Å²) in [6, 6.07) is 7.75. The Morgan fingerprint density at radius 3 is 2.48 bits per heavy atom. The highest BCUT2D eigenvalue weighted by Crippen LogP contribution is 2.21. The van der Waals surface area contributed by atoms with Crippen LogP contribution in [0.15, 0.2) is 24.3 Å². The fourth-order valence-corrected chi connectivity index (χ4v) is 2.54. The van der Waals surface area contributed by atoms with Crippen molar-refractivity contribution in [2.75, 3.05) is 26.8 Å². The number of aliphatic carboxylic acids is 1. The van der Waals surface area contributed by atoms with Crippen LogP contribution in [0.3, 0.4) is 0 Å². The number of carbonyl (C=O) groups excluding carboxylic acids is 1. The molecule has 0 fully saturated rings. The molecule has 0 unspecified atom stereocenters. The molecule has 1 aromatic rings. The van der Waals surface area contributed by atoms with Gasteiger partial charge in [-0.1, -0.05) is 24.3 Å². The van der Waals surface area contributed by atoms with Crippen LogP contribution in [-0.2, 0) is 22.4 Å². The van der Waals surface area contributed by atoms with Gasteiger partial charge in [0, 0.05) is 19.7 Å². The molecule has 1 aromatic carbocycles. The number of methoxy groups -OCH3 is 1. The Kier molecular flexibility index (Phi) is 5.16. The molecule has 0 atom stereocenters. The van der Waals surface area contributed by atoms with Gasteiger partial charge < -0.3 is 20.1 Å². The number of rotatable bonds is 6. The van der Waals surface area contributed by atoms with E-state index in [0.717, 1.165) is 12.8 Å². The summed E-state index contributed by atoms with van der Waals surface area (Å²) in [5.41, 5.74) is 2.48. The first kappa shape index (κ1) is 15.3. The van der Waals surface area contributed by atoms with Gasteiger partial charge in [0.25, 0.3) is 0 Å². The third-order valence-corrected chi connectivity index (χ3v) is 3.56. The fraction of sp³-hybridized carbons (Fsp3) is 0.467. The van der Waals surface area contributed by atoms with Crippen LogP contribution < -0.4 is 5.32 Å². The first-order chi connectivity index (χ1) is 10.1. The van der Waals surface area contributed by atoms with Crippen molar-refractivity contribution >= 4 is 12.0 Å². The van der Waals surface area contributed by atoms with Crippen LogP contribution in [0.25, 0.3) is 0 Å². The van der Waals surface area contributed by atoms with E-state index in [1.54, 1.807) is 0 Å². The summed E-state index contributed by atoms with van der Waals surface area (Å²) in [6.45, 7) is 0.245. The van der Waals surface area contributed by atoms with Crippen LogP contribution in [0, 0.1) is 0 Å². The van der Waals surface area contributed by atoms with Crippen molar-refractivity contribution in [3.05, 3.63) is 35.4 Å². The summed E-state index contributed by atoms with van der Waals surface area (Å²) in [7, 11) is 1.52. The number of nitrogens with one attached hydrogen (secondary N) is 1. The molecule has 0 aliphatic heterocycles. The molecule has 0 heterocycles. The molecule has 114 valence electrons. The smallest absolute Gasteiger partial charge is 0.323 e. The largest absolute Gasteiger partial charge is 0.480 e.